The Labute approximate surface area is 108 Å². The van der Waals surface area contributed by atoms with Crippen LogP contribution in [0.2, 0.25) is 0 Å². The number of nitrogens with one attached hydrogen (secondary N) is 1. The Morgan fingerprint density at radius 2 is 2.17 bits per heavy atom. The van der Waals surface area contributed by atoms with Crippen molar-refractivity contribution in [3.8, 4) is 0 Å². The molecule has 2 atom stereocenters. The maximum Gasteiger partial charge on any atom is 0.227 e. The fourth-order valence-electron chi connectivity index (χ4n) is 1.74. The van der Waals surface area contributed by atoms with Gasteiger partial charge < -0.3 is 16.2 Å². The molecule has 100 valence electrons. The van der Waals surface area contributed by atoms with E-state index in [4.69, 9.17) is 10.8 Å². The molecule has 1 aromatic rings. The maximum absolute atomic E-state index is 11.9. The van der Waals surface area contributed by atoms with Crippen LogP contribution < -0.4 is 11.1 Å². The maximum atomic E-state index is 11.9. The van der Waals surface area contributed by atoms with Crippen molar-refractivity contribution in [3.05, 3.63) is 29.8 Å². The van der Waals surface area contributed by atoms with Gasteiger partial charge >= 0.3 is 0 Å². The first kappa shape index (κ1) is 14.5. The lowest BCUT2D eigenvalue weighted by atomic mass is 10.00. The van der Waals surface area contributed by atoms with Crippen molar-refractivity contribution >= 4 is 11.6 Å². The van der Waals surface area contributed by atoms with Crippen LogP contribution in [0.15, 0.2) is 24.3 Å². The normalized spacial score (nSPS) is 13.9. The molecule has 1 amide bonds. The van der Waals surface area contributed by atoms with Crippen LogP contribution in [0.4, 0.5) is 5.69 Å². The standard InChI is InChI=1S/C14H22N2O2/c1-10(17)5-4-8-16-14(18)11(2)12-6-3-7-13(15)9-12/h3,6-7,9-11,17H,4-5,8,15H2,1-2H3,(H,16,18). The van der Waals surface area contributed by atoms with Gasteiger partial charge in [0.15, 0.2) is 0 Å². The third kappa shape index (κ3) is 4.75. The summed E-state index contributed by atoms with van der Waals surface area (Å²) in [6.07, 6.45) is 1.17. The first-order valence-corrected chi connectivity index (χ1v) is 6.32. The number of benzene rings is 1. The summed E-state index contributed by atoms with van der Waals surface area (Å²) in [5, 5.41) is 12.0. The van der Waals surface area contributed by atoms with Gasteiger partial charge in [0, 0.05) is 12.2 Å². The van der Waals surface area contributed by atoms with Crippen molar-refractivity contribution in [3.63, 3.8) is 0 Å². The summed E-state index contributed by atoms with van der Waals surface area (Å²) < 4.78 is 0. The van der Waals surface area contributed by atoms with E-state index in [1.54, 1.807) is 13.0 Å². The van der Waals surface area contributed by atoms with Crippen molar-refractivity contribution in [1.82, 2.24) is 5.32 Å². The predicted octanol–water partition coefficient (Wildman–Crippen LogP) is 1.65. The Kier molecular flexibility index (Phi) is 5.65. The average molecular weight is 250 g/mol. The summed E-state index contributed by atoms with van der Waals surface area (Å²) in [7, 11) is 0. The molecule has 0 heterocycles. The molecule has 0 bridgehead atoms. The van der Waals surface area contributed by atoms with Gasteiger partial charge in [-0.15, -0.1) is 0 Å². The molecule has 0 fully saturated rings. The van der Waals surface area contributed by atoms with Gasteiger partial charge in [-0.2, -0.15) is 0 Å². The molecule has 2 unspecified atom stereocenters. The van der Waals surface area contributed by atoms with Crippen molar-refractivity contribution in [2.45, 2.75) is 38.7 Å². The molecule has 4 nitrogen and oxygen atoms in total. The van der Waals surface area contributed by atoms with Gasteiger partial charge in [0.1, 0.15) is 0 Å². The largest absolute Gasteiger partial charge is 0.399 e. The van der Waals surface area contributed by atoms with Crippen LogP contribution in [0, 0.1) is 0 Å². The number of amides is 1. The van der Waals surface area contributed by atoms with Gasteiger partial charge in [0.05, 0.1) is 12.0 Å². The number of anilines is 1. The fourth-order valence-corrected chi connectivity index (χ4v) is 1.74. The lowest BCUT2D eigenvalue weighted by Gasteiger charge is -2.13. The predicted molar refractivity (Wildman–Crippen MR) is 73.2 cm³/mol. The SMILES string of the molecule is CC(O)CCCNC(=O)C(C)c1cccc(N)c1. The summed E-state index contributed by atoms with van der Waals surface area (Å²) in [6, 6.07) is 7.37. The summed E-state index contributed by atoms with van der Waals surface area (Å²) in [6.45, 7) is 4.20. The average Bonchev–Trinajstić information content (AvgIpc) is 2.33. The Bertz CT molecular complexity index is 391. The van der Waals surface area contributed by atoms with Crippen LogP contribution in [0.5, 0.6) is 0 Å². The second-order valence-electron chi connectivity index (χ2n) is 4.67. The highest BCUT2D eigenvalue weighted by molar-refractivity contribution is 5.83. The van der Waals surface area contributed by atoms with Crippen molar-refractivity contribution in [2.24, 2.45) is 0 Å². The Balaban J connectivity index is 2.42. The zero-order chi connectivity index (χ0) is 13.5. The molecule has 18 heavy (non-hydrogen) atoms. The lowest BCUT2D eigenvalue weighted by Crippen LogP contribution is -2.29. The number of carbonyl (C=O) groups is 1. The molecule has 0 aliphatic heterocycles. The monoisotopic (exact) mass is 250 g/mol. The molecule has 0 aromatic heterocycles. The van der Waals surface area contributed by atoms with Crippen LogP contribution in [-0.2, 0) is 4.79 Å². The third-order valence-electron chi connectivity index (χ3n) is 2.90. The second-order valence-corrected chi connectivity index (χ2v) is 4.67. The number of nitrogens with two attached hydrogens (primary N) is 1. The van der Waals surface area contributed by atoms with E-state index in [9.17, 15) is 4.79 Å². The molecule has 0 saturated carbocycles. The van der Waals surface area contributed by atoms with Crippen LogP contribution in [-0.4, -0.2) is 23.7 Å². The molecule has 0 spiro atoms. The van der Waals surface area contributed by atoms with Crippen molar-refractivity contribution < 1.29 is 9.90 Å². The fraction of sp³-hybridized carbons (Fsp3) is 0.500. The number of carbonyl (C=O) groups excluding carboxylic acids is 1. The number of hydrogen-bond acceptors (Lipinski definition) is 3. The molecular weight excluding hydrogens is 228 g/mol. The molecule has 4 N–H and O–H groups in total. The molecule has 1 rings (SSSR count). The topological polar surface area (TPSA) is 75.3 Å². The molecule has 0 aliphatic rings. The van der Waals surface area contributed by atoms with Crippen LogP contribution >= 0.6 is 0 Å². The third-order valence-corrected chi connectivity index (χ3v) is 2.90. The Hall–Kier alpha value is -1.55. The highest BCUT2D eigenvalue weighted by atomic mass is 16.3. The first-order chi connectivity index (χ1) is 8.50. The van der Waals surface area contributed by atoms with Gasteiger partial charge in [-0.1, -0.05) is 12.1 Å². The van der Waals surface area contributed by atoms with Gasteiger partial charge in [-0.25, -0.2) is 0 Å². The van der Waals surface area contributed by atoms with Crippen molar-refractivity contribution in [1.29, 1.82) is 0 Å². The number of aliphatic hydroxyl groups excluding tert-OH is 1. The number of nitrogen functional groups attached to an aromatic ring is 1. The summed E-state index contributed by atoms with van der Waals surface area (Å²) in [5.41, 5.74) is 7.28. The first-order valence-electron chi connectivity index (χ1n) is 6.32. The molecule has 4 heteroatoms. The minimum Gasteiger partial charge on any atom is -0.399 e. The van der Waals surface area contributed by atoms with E-state index < -0.39 is 0 Å². The van der Waals surface area contributed by atoms with Gasteiger partial charge in [-0.3, -0.25) is 4.79 Å². The van der Waals surface area contributed by atoms with E-state index in [-0.39, 0.29) is 17.9 Å². The van der Waals surface area contributed by atoms with Crippen LogP contribution in [0.3, 0.4) is 0 Å². The van der Waals surface area contributed by atoms with Gasteiger partial charge in [0.2, 0.25) is 5.91 Å². The minimum absolute atomic E-state index is 0.00815. The highest BCUT2D eigenvalue weighted by Gasteiger charge is 2.14. The summed E-state index contributed by atoms with van der Waals surface area (Å²) in [5.74, 6) is -0.216. The van der Waals surface area contributed by atoms with E-state index in [1.165, 1.54) is 0 Å². The molecule has 0 saturated heterocycles. The smallest absolute Gasteiger partial charge is 0.227 e. The van der Waals surface area contributed by atoms with E-state index in [1.807, 2.05) is 25.1 Å². The number of aliphatic hydroxyl groups is 1. The minimum atomic E-state index is -0.312. The van der Waals surface area contributed by atoms with E-state index in [0.717, 1.165) is 12.0 Å². The molecule has 1 aromatic carbocycles. The number of hydrogen-bond donors (Lipinski definition) is 3. The zero-order valence-electron chi connectivity index (χ0n) is 11.0. The van der Waals surface area contributed by atoms with Gasteiger partial charge in [0.25, 0.3) is 0 Å². The van der Waals surface area contributed by atoms with E-state index in [2.05, 4.69) is 5.32 Å². The van der Waals surface area contributed by atoms with E-state index in [0.29, 0.717) is 18.7 Å². The Morgan fingerprint density at radius 1 is 1.44 bits per heavy atom. The Morgan fingerprint density at radius 3 is 2.78 bits per heavy atom. The van der Waals surface area contributed by atoms with Crippen LogP contribution in [0.25, 0.3) is 0 Å². The second kappa shape index (κ2) is 7.01. The summed E-state index contributed by atoms with van der Waals surface area (Å²) >= 11 is 0. The van der Waals surface area contributed by atoms with Crippen LogP contribution in [0.1, 0.15) is 38.2 Å². The van der Waals surface area contributed by atoms with Gasteiger partial charge in [-0.05, 0) is 44.4 Å². The zero-order valence-corrected chi connectivity index (χ0v) is 11.0. The molecule has 0 aliphatic carbocycles. The highest BCUT2D eigenvalue weighted by Crippen LogP contribution is 2.17. The summed E-state index contributed by atoms with van der Waals surface area (Å²) in [4.78, 5) is 11.9. The molecular formula is C14H22N2O2. The lowest BCUT2D eigenvalue weighted by molar-refractivity contribution is -0.122. The van der Waals surface area contributed by atoms with Crippen molar-refractivity contribution in [2.75, 3.05) is 12.3 Å². The molecule has 0 radical (unpaired) electrons. The quantitative estimate of drug-likeness (QED) is 0.531. The van der Waals surface area contributed by atoms with E-state index >= 15 is 0 Å². The number of rotatable bonds is 6.